The highest BCUT2D eigenvalue weighted by Gasteiger charge is 2.06. The van der Waals surface area contributed by atoms with Crippen LogP contribution in [-0.4, -0.2) is 32.6 Å². The van der Waals surface area contributed by atoms with Gasteiger partial charge in [0.1, 0.15) is 0 Å². The van der Waals surface area contributed by atoms with Crippen LogP contribution in [0.15, 0.2) is 0 Å². The Hall–Kier alpha value is -0.120. The van der Waals surface area contributed by atoms with E-state index in [1.54, 1.807) is 0 Å². The van der Waals surface area contributed by atoms with E-state index in [0.717, 1.165) is 19.0 Å². The Bertz CT molecular complexity index is 123. The highest BCUT2D eigenvalue weighted by atomic mass is 16.7. The lowest BCUT2D eigenvalue weighted by Gasteiger charge is -2.17. The van der Waals surface area contributed by atoms with Crippen molar-refractivity contribution in [2.75, 3.05) is 26.3 Å². The summed E-state index contributed by atoms with van der Waals surface area (Å²) >= 11 is 0. The van der Waals surface area contributed by atoms with E-state index in [4.69, 9.17) is 9.47 Å². The van der Waals surface area contributed by atoms with Crippen LogP contribution in [0, 0.1) is 5.92 Å². The van der Waals surface area contributed by atoms with Crippen molar-refractivity contribution >= 4 is 0 Å². The smallest absolute Gasteiger partial charge is 0.169 e. The van der Waals surface area contributed by atoms with Crippen LogP contribution >= 0.6 is 0 Å². The van der Waals surface area contributed by atoms with E-state index in [2.05, 4.69) is 19.2 Å². The van der Waals surface area contributed by atoms with Gasteiger partial charge in [0.25, 0.3) is 0 Å². The molecule has 92 valence electrons. The highest BCUT2D eigenvalue weighted by molar-refractivity contribution is 4.53. The monoisotopic (exact) mass is 217 g/mol. The predicted octanol–water partition coefficient (Wildman–Crippen LogP) is 2.41. The minimum atomic E-state index is -0.0842. The van der Waals surface area contributed by atoms with Crippen LogP contribution < -0.4 is 5.32 Å². The van der Waals surface area contributed by atoms with Crippen LogP contribution in [0.3, 0.4) is 0 Å². The van der Waals surface area contributed by atoms with Gasteiger partial charge in [-0.05, 0) is 39.2 Å². The molecule has 0 radical (unpaired) electrons. The molecule has 0 atom stereocenters. The second-order valence-electron chi connectivity index (χ2n) is 4.08. The Kier molecular flexibility index (Phi) is 10.3. The van der Waals surface area contributed by atoms with E-state index < -0.39 is 0 Å². The van der Waals surface area contributed by atoms with Crippen molar-refractivity contribution in [3.8, 4) is 0 Å². The molecular formula is C12H27NO2. The summed E-state index contributed by atoms with van der Waals surface area (Å²) in [7, 11) is 0. The highest BCUT2D eigenvalue weighted by Crippen LogP contribution is 2.02. The first-order valence-electron chi connectivity index (χ1n) is 6.14. The minimum absolute atomic E-state index is 0.0842. The standard InChI is InChI=1S/C12H27NO2/c1-5-14-12(15-6-2)10-13-9-7-8-11(3)4/h11-13H,5-10H2,1-4H3. The van der Waals surface area contributed by atoms with Crippen molar-refractivity contribution in [1.82, 2.24) is 5.32 Å². The molecular weight excluding hydrogens is 190 g/mol. The van der Waals surface area contributed by atoms with Crippen molar-refractivity contribution in [2.45, 2.75) is 46.8 Å². The lowest BCUT2D eigenvalue weighted by molar-refractivity contribution is -0.132. The number of hydrogen-bond donors (Lipinski definition) is 1. The van der Waals surface area contributed by atoms with Gasteiger partial charge in [0.15, 0.2) is 6.29 Å². The molecule has 0 bridgehead atoms. The fraction of sp³-hybridized carbons (Fsp3) is 1.00. The summed E-state index contributed by atoms with van der Waals surface area (Å²) in [6.07, 6.45) is 2.42. The van der Waals surface area contributed by atoms with Crippen LogP contribution in [0.1, 0.15) is 40.5 Å². The summed E-state index contributed by atoms with van der Waals surface area (Å²) in [6.45, 7) is 11.7. The summed E-state index contributed by atoms with van der Waals surface area (Å²) < 4.78 is 10.9. The van der Waals surface area contributed by atoms with Crippen LogP contribution in [-0.2, 0) is 9.47 Å². The van der Waals surface area contributed by atoms with Crippen molar-refractivity contribution in [1.29, 1.82) is 0 Å². The van der Waals surface area contributed by atoms with Gasteiger partial charge in [0, 0.05) is 19.8 Å². The van der Waals surface area contributed by atoms with E-state index in [1.807, 2.05) is 13.8 Å². The Morgan fingerprint density at radius 1 is 1.07 bits per heavy atom. The van der Waals surface area contributed by atoms with Crippen molar-refractivity contribution < 1.29 is 9.47 Å². The quantitative estimate of drug-likeness (QED) is 0.450. The van der Waals surface area contributed by atoms with Gasteiger partial charge in [-0.3, -0.25) is 0 Å². The number of ether oxygens (including phenoxy) is 2. The molecule has 1 N–H and O–H groups in total. The maximum Gasteiger partial charge on any atom is 0.169 e. The molecule has 0 unspecified atom stereocenters. The average molecular weight is 217 g/mol. The van der Waals surface area contributed by atoms with Gasteiger partial charge in [-0.15, -0.1) is 0 Å². The average Bonchev–Trinajstić information content (AvgIpc) is 2.17. The van der Waals surface area contributed by atoms with Gasteiger partial charge >= 0.3 is 0 Å². The van der Waals surface area contributed by atoms with E-state index >= 15 is 0 Å². The first-order chi connectivity index (χ1) is 7.20. The zero-order chi connectivity index (χ0) is 11.5. The van der Waals surface area contributed by atoms with Crippen molar-refractivity contribution in [2.24, 2.45) is 5.92 Å². The third-order valence-corrected chi connectivity index (χ3v) is 2.15. The molecule has 0 aliphatic heterocycles. The summed E-state index contributed by atoms with van der Waals surface area (Å²) in [5.41, 5.74) is 0. The third-order valence-electron chi connectivity index (χ3n) is 2.15. The van der Waals surface area contributed by atoms with E-state index in [-0.39, 0.29) is 6.29 Å². The lowest BCUT2D eigenvalue weighted by Crippen LogP contribution is -2.32. The summed E-state index contributed by atoms with van der Waals surface area (Å²) in [4.78, 5) is 0. The fourth-order valence-electron chi connectivity index (χ4n) is 1.39. The molecule has 0 aromatic heterocycles. The van der Waals surface area contributed by atoms with Gasteiger partial charge < -0.3 is 14.8 Å². The van der Waals surface area contributed by atoms with Gasteiger partial charge in [-0.1, -0.05) is 13.8 Å². The maximum absolute atomic E-state index is 5.43. The van der Waals surface area contributed by atoms with Crippen molar-refractivity contribution in [3.63, 3.8) is 0 Å². The van der Waals surface area contributed by atoms with Gasteiger partial charge in [-0.2, -0.15) is 0 Å². The Labute approximate surface area is 94.5 Å². The molecule has 0 aromatic rings. The molecule has 0 aromatic carbocycles. The Morgan fingerprint density at radius 3 is 2.13 bits per heavy atom. The van der Waals surface area contributed by atoms with Gasteiger partial charge in [0.2, 0.25) is 0 Å². The Balaban J connectivity index is 3.36. The predicted molar refractivity (Wildman–Crippen MR) is 64.0 cm³/mol. The molecule has 0 saturated carbocycles. The van der Waals surface area contributed by atoms with E-state index in [9.17, 15) is 0 Å². The van der Waals surface area contributed by atoms with Crippen LogP contribution in [0.4, 0.5) is 0 Å². The summed E-state index contributed by atoms with van der Waals surface area (Å²) in [5.74, 6) is 0.793. The largest absolute Gasteiger partial charge is 0.352 e. The normalized spacial score (nSPS) is 11.6. The summed E-state index contributed by atoms with van der Waals surface area (Å²) in [5, 5.41) is 3.36. The molecule has 15 heavy (non-hydrogen) atoms. The lowest BCUT2D eigenvalue weighted by atomic mass is 10.1. The molecule has 0 fully saturated rings. The van der Waals surface area contributed by atoms with Crippen LogP contribution in [0.25, 0.3) is 0 Å². The molecule has 0 aliphatic carbocycles. The van der Waals surface area contributed by atoms with E-state index in [1.165, 1.54) is 12.8 Å². The van der Waals surface area contributed by atoms with E-state index in [0.29, 0.717) is 13.2 Å². The number of nitrogens with one attached hydrogen (secondary N) is 1. The first-order valence-corrected chi connectivity index (χ1v) is 6.14. The number of hydrogen-bond acceptors (Lipinski definition) is 3. The SMILES string of the molecule is CCOC(CNCCCC(C)C)OCC. The molecule has 0 heterocycles. The zero-order valence-electron chi connectivity index (χ0n) is 10.7. The van der Waals surface area contributed by atoms with Gasteiger partial charge in [-0.25, -0.2) is 0 Å². The molecule has 0 spiro atoms. The second kappa shape index (κ2) is 10.4. The van der Waals surface area contributed by atoms with Crippen LogP contribution in [0.5, 0.6) is 0 Å². The molecule has 0 amide bonds. The first kappa shape index (κ1) is 14.9. The fourth-order valence-corrected chi connectivity index (χ4v) is 1.39. The Morgan fingerprint density at radius 2 is 1.67 bits per heavy atom. The molecule has 0 aliphatic rings. The topological polar surface area (TPSA) is 30.5 Å². The molecule has 3 heteroatoms. The van der Waals surface area contributed by atoms with Crippen LogP contribution in [0.2, 0.25) is 0 Å². The zero-order valence-corrected chi connectivity index (χ0v) is 10.7. The number of rotatable bonds is 10. The second-order valence-corrected chi connectivity index (χ2v) is 4.08. The third kappa shape index (κ3) is 10.2. The maximum atomic E-state index is 5.43. The molecule has 3 nitrogen and oxygen atoms in total. The minimum Gasteiger partial charge on any atom is -0.352 e. The molecule has 0 rings (SSSR count). The van der Waals surface area contributed by atoms with Crippen molar-refractivity contribution in [3.05, 3.63) is 0 Å². The van der Waals surface area contributed by atoms with Gasteiger partial charge in [0.05, 0.1) is 0 Å². The molecule has 0 saturated heterocycles. The summed E-state index contributed by atoms with van der Waals surface area (Å²) in [6, 6.07) is 0.